The molecule has 0 radical (unpaired) electrons. The second-order valence-corrected chi connectivity index (χ2v) is 10.9. The molecule has 1 aromatic carbocycles. The summed E-state index contributed by atoms with van der Waals surface area (Å²) in [5, 5.41) is 7.73. The van der Waals surface area contributed by atoms with Crippen molar-refractivity contribution in [3.8, 4) is 11.5 Å². The summed E-state index contributed by atoms with van der Waals surface area (Å²) in [5.41, 5.74) is 9.61. The predicted molar refractivity (Wildman–Crippen MR) is 169 cm³/mol. The maximum atomic E-state index is 5.04. The summed E-state index contributed by atoms with van der Waals surface area (Å²) in [6, 6.07) is 18.8. The van der Waals surface area contributed by atoms with Crippen LogP contribution in [0, 0.1) is 13.8 Å². The van der Waals surface area contributed by atoms with Crippen LogP contribution in [0.25, 0.3) is 33.7 Å². The van der Waals surface area contributed by atoms with Gasteiger partial charge in [-0.2, -0.15) is 5.10 Å². The van der Waals surface area contributed by atoms with E-state index in [0.29, 0.717) is 11.5 Å². The zero-order valence-corrected chi connectivity index (χ0v) is 24.0. The van der Waals surface area contributed by atoms with Crippen LogP contribution in [0.15, 0.2) is 104 Å². The summed E-state index contributed by atoms with van der Waals surface area (Å²) < 4.78 is 0. The first-order valence-electron chi connectivity index (χ1n) is 13.4. The molecule has 2 N–H and O–H groups in total. The molecule has 200 valence electrons. The summed E-state index contributed by atoms with van der Waals surface area (Å²) in [6.45, 7) is 14.2. The standard InChI is InChI=1S/C34H33N5S/c1-6-12-27(30-20-15-22(4)40-30)31-23(5)35-34(37-31)33-32-29(38-39-33)19-18-28(36-32)26(8-3)21-24(7-2)16-17-25-13-10-9-11-14-25/h6-15,18-21H,1-2,16-17H2,3-5H3,(H,35,37)(H,38,39)/b24-21+,26-8+,27-12-. The first-order valence-corrected chi connectivity index (χ1v) is 14.2. The molecule has 0 aliphatic carbocycles. The molecule has 0 fully saturated rings. The Bertz CT molecular complexity index is 1760. The number of benzene rings is 1. The highest BCUT2D eigenvalue weighted by Crippen LogP contribution is 2.33. The third kappa shape index (κ3) is 5.72. The fraction of sp³-hybridized carbons (Fsp3) is 0.147. The highest BCUT2D eigenvalue weighted by molar-refractivity contribution is 7.13. The van der Waals surface area contributed by atoms with Crippen LogP contribution in [0.1, 0.15) is 45.7 Å². The van der Waals surface area contributed by atoms with Crippen LogP contribution >= 0.6 is 11.3 Å². The smallest absolute Gasteiger partial charge is 0.161 e. The Hall–Kier alpha value is -4.55. The van der Waals surface area contributed by atoms with E-state index in [9.17, 15) is 0 Å². The van der Waals surface area contributed by atoms with E-state index in [-0.39, 0.29) is 0 Å². The van der Waals surface area contributed by atoms with Crippen molar-refractivity contribution in [2.75, 3.05) is 0 Å². The normalized spacial score (nSPS) is 12.7. The number of fused-ring (bicyclic) bond motifs is 1. The second kappa shape index (κ2) is 12.1. The molecular weight excluding hydrogens is 510 g/mol. The Morgan fingerprint density at radius 2 is 1.82 bits per heavy atom. The molecule has 4 heterocycles. The lowest BCUT2D eigenvalue weighted by Gasteiger charge is -2.07. The number of thiophene rings is 1. The molecule has 0 bridgehead atoms. The Labute approximate surface area is 239 Å². The van der Waals surface area contributed by atoms with E-state index in [1.165, 1.54) is 16.0 Å². The number of aromatic amines is 2. The van der Waals surface area contributed by atoms with Crippen molar-refractivity contribution in [3.05, 3.63) is 136 Å². The monoisotopic (exact) mass is 543 g/mol. The summed E-state index contributed by atoms with van der Waals surface area (Å²) in [5.74, 6) is 0.679. The van der Waals surface area contributed by atoms with Crippen molar-refractivity contribution in [1.82, 2.24) is 25.1 Å². The minimum Gasteiger partial charge on any atom is -0.340 e. The van der Waals surface area contributed by atoms with Crippen LogP contribution in [0.2, 0.25) is 0 Å². The van der Waals surface area contributed by atoms with E-state index in [2.05, 4.69) is 83.8 Å². The molecule has 0 saturated carbocycles. The lowest BCUT2D eigenvalue weighted by molar-refractivity contribution is 0.966. The lowest BCUT2D eigenvalue weighted by atomic mass is 10.0. The molecule has 0 saturated heterocycles. The maximum absolute atomic E-state index is 5.04. The van der Waals surface area contributed by atoms with Gasteiger partial charge in [0.25, 0.3) is 0 Å². The molecule has 5 rings (SSSR count). The molecule has 0 unspecified atom stereocenters. The first-order chi connectivity index (χ1) is 19.5. The largest absolute Gasteiger partial charge is 0.340 e. The van der Waals surface area contributed by atoms with Gasteiger partial charge in [-0.3, -0.25) is 5.10 Å². The zero-order chi connectivity index (χ0) is 28.1. The minimum atomic E-state index is 0.679. The number of H-pyrrole nitrogens is 2. The number of nitrogens with zero attached hydrogens (tertiary/aromatic N) is 3. The van der Waals surface area contributed by atoms with Gasteiger partial charge in [0, 0.05) is 21.0 Å². The van der Waals surface area contributed by atoms with Gasteiger partial charge in [-0.15, -0.1) is 11.3 Å². The van der Waals surface area contributed by atoms with Gasteiger partial charge in [-0.1, -0.05) is 67.8 Å². The van der Waals surface area contributed by atoms with Crippen LogP contribution in [0.4, 0.5) is 0 Å². The number of hydrogen-bond acceptors (Lipinski definition) is 4. The molecule has 5 nitrogen and oxygen atoms in total. The quantitative estimate of drug-likeness (QED) is 0.173. The van der Waals surface area contributed by atoms with E-state index in [1.54, 1.807) is 17.4 Å². The number of imidazole rings is 1. The average Bonchev–Trinajstić information content (AvgIpc) is 3.70. The van der Waals surface area contributed by atoms with Crippen LogP contribution in [-0.2, 0) is 6.42 Å². The summed E-state index contributed by atoms with van der Waals surface area (Å²) >= 11 is 1.74. The molecule has 0 spiro atoms. The highest BCUT2D eigenvalue weighted by Gasteiger charge is 2.19. The van der Waals surface area contributed by atoms with Gasteiger partial charge >= 0.3 is 0 Å². The molecule has 0 aliphatic rings. The van der Waals surface area contributed by atoms with Crippen molar-refractivity contribution < 1.29 is 0 Å². The number of rotatable bonds is 10. The Kier molecular flexibility index (Phi) is 8.18. The maximum Gasteiger partial charge on any atom is 0.161 e. The predicted octanol–water partition coefficient (Wildman–Crippen LogP) is 8.79. The third-order valence-electron chi connectivity index (χ3n) is 6.82. The van der Waals surface area contributed by atoms with E-state index in [4.69, 9.17) is 9.97 Å². The molecular formula is C34H33N5S. The molecule has 4 aromatic heterocycles. The number of aromatic nitrogens is 5. The van der Waals surface area contributed by atoms with Crippen LogP contribution in [0.5, 0.6) is 0 Å². The van der Waals surface area contributed by atoms with Crippen LogP contribution in [0.3, 0.4) is 0 Å². The number of aryl methyl sites for hydroxylation is 3. The topological polar surface area (TPSA) is 70.2 Å². The molecule has 40 heavy (non-hydrogen) atoms. The van der Waals surface area contributed by atoms with Gasteiger partial charge < -0.3 is 4.98 Å². The number of pyridine rings is 1. The fourth-order valence-corrected chi connectivity index (χ4v) is 5.60. The Balaban J connectivity index is 1.48. The number of allylic oxidation sites excluding steroid dienone is 7. The number of hydrogen-bond donors (Lipinski definition) is 2. The molecule has 6 heteroatoms. The van der Waals surface area contributed by atoms with Crippen molar-refractivity contribution in [3.63, 3.8) is 0 Å². The molecule has 0 aliphatic heterocycles. The van der Waals surface area contributed by atoms with Gasteiger partial charge in [-0.05, 0) is 80.7 Å². The van der Waals surface area contributed by atoms with Gasteiger partial charge in [0.1, 0.15) is 5.52 Å². The van der Waals surface area contributed by atoms with Crippen molar-refractivity contribution in [2.24, 2.45) is 0 Å². The highest BCUT2D eigenvalue weighted by atomic mass is 32.1. The van der Waals surface area contributed by atoms with Gasteiger partial charge in [0.2, 0.25) is 0 Å². The summed E-state index contributed by atoms with van der Waals surface area (Å²) in [6.07, 6.45) is 11.9. The minimum absolute atomic E-state index is 0.679. The zero-order valence-electron chi connectivity index (χ0n) is 23.2. The lowest BCUT2D eigenvalue weighted by Crippen LogP contribution is -1.92. The van der Waals surface area contributed by atoms with E-state index in [1.807, 2.05) is 44.2 Å². The SMILES string of the molecule is C=C/C=C(/c1ccc(C)s1)c1nc(-c2n[nH]c3ccc(C(/C=C(\C=C)CCc4ccccc4)=C/C)nc23)[nH]c1C. The van der Waals surface area contributed by atoms with Crippen LogP contribution in [-0.4, -0.2) is 25.1 Å². The van der Waals surface area contributed by atoms with Gasteiger partial charge in [-0.25, -0.2) is 9.97 Å². The Morgan fingerprint density at radius 1 is 1.00 bits per heavy atom. The summed E-state index contributed by atoms with van der Waals surface area (Å²) in [7, 11) is 0. The third-order valence-corrected chi connectivity index (χ3v) is 7.85. The van der Waals surface area contributed by atoms with Crippen molar-refractivity contribution in [2.45, 2.75) is 33.6 Å². The van der Waals surface area contributed by atoms with E-state index in [0.717, 1.165) is 57.0 Å². The van der Waals surface area contributed by atoms with Crippen molar-refractivity contribution >= 4 is 33.5 Å². The van der Waals surface area contributed by atoms with Crippen LogP contribution < -0.4 is 0 Å². The van der Waals surface area contributed by atoms with E-state index >= 15 is 0 Å². The Morgan fingerprint density at radius 3 is 2.52 bits per heavy atom. The first kappa shape index (κ1) is 27.0. The average molecular weight is 544 g/mol. The molecule has 0 atom stereocenters. The van der Waals surface area contributed by atoms with Crippen molar-refractivity contribution in [1.29, 1.82) is 0 Å². The molecule has 5 aromatic rings. The van der Waals surface area contributed by atoms with E-state index < -0.39 is 0 Å². The van der Waals surface area contributed by atoms with Gasteiger partial charge in [0.05, 0.1) is 16.9 Å². The van der Waals surface area contributed by atoms with Gasteiger partial charge in [0.15, 0.2) is 11.5 Å². The number of nitrogens with one attached hydrogen (secondary N) is 2. The molecule has 0 amide bonds. The summed E-state index contributed by atoms with van der Waals surface area (Å²) in [4.78, 5) is 15.9. The fourth-order valence-electron chi connectivity index (χ4n) is 4.71. The second-order valence-electron chi connectivity index (χ2n) is 9.60.